The van der Waals surface area contributed by atoms with Gasteiger partial charge < -0.3 is 21.1 Å². The maximum Gasteiger partial charge on any atom is 0.258 e. The fourth-order valence-corrected chi connectivity index (χ4v) is 2.70. The lowest BCUT2D eigenvalue weighted by molar-refractivity contribution is -0.124. The lowest BCUT2D eigenvalue weighted by Crippen LogP contribution is -2.35. The highest BCUT2D eigenvalue weighted by Gasteiger charge is 2.23. The van der Waals surface area contributed by atoms with E-state index in [4.69, 9.17) is 10.5 Å². The second-order valence-electron chi connectivity index (χ2n) is 6.82. The number of carbonyl (C=O) groups excluding carboxylic acids is 2. The summed E-state index contributed by atoms with van der Waals surface area (Å²) in [7, 11) is 0. The van der Waals surface area contributed by atoms with Gasteiger partial charge in [0, 0.05) is 6.04 Å². The van der Waals surface area contributed by atoms with Gasteiger partial charge in [-0.25, -0.2) is 0 Å². The van der Waals surface area contributed by atoms with Gasteiger partial charge >= 0.3 is 0 Å². The average molecular weight is 367 g/mol. The molecule has 2 atom stereocenters. The minimum absolute atomic E-state index is 0.00800. The van der Waals surface area contributed by atoms with Gasteiger partial charge in [-0.2, -0.15) is 0 Å². The largest absolute Gasteiger partial charge is 0.484 e. The normalized spacial score (nSPS) is 15.5. The summed E-state index contributed by atoms with van der Waals surface area (Å²) in [6, 6.07) is 16.0. The first-order valence-electron chi connectivity index (χ1n) is 9.16. The SMILES string of the molecule is CC(NC(=O)C(N)c1ccccc1)c1ccc(OCC(=O)NC2CC2)cc1. The van der Waals surface area contributed by atoms with Crippen LogP contribution in [0.1, 0.15) is 43.0 Å². The van der Waals surface area contributed by atoms with Crippen molar-refractivity contribution >= 4 is 11.8 Å². The molecule has 142 valence electrons. The molecule has 0 heterocycles. The van der Waals surface area contributed by atoms with Crippen molar-refractivity contribution in [2.75, 3.05) is 6.61 Å². The van der Waals surface area contributed by atoms with Crippen molar-refractivity contribution in [2.45, 2.75) is 37.9 Å². The van der Waals surface area contributed by atoms with Crippen LogP contribution in [0.25, 0.3) is 0 Å². The Morgan fingerprint density at radius 1 is 1.07 bits per heavy atom. The second-order valence-corrected chi connectivity index (χ2v) is 6.82. The summed E-state index contributed by atoms with van der Waals surface area (Å²) in [6.07, 6.45) is 2.11. The summed E-state index contributed by atoms with van der Waals surface area (Å²) in [4.78, 5) is 24.0. The molecule has 2 amide bonds. The van der Waals surface area contributed by atoms with Crippen LogP contribution in [0.5, 0.6) is 5.75 Å². The minimum Gasteiger partial charge on any atom is -0.484 e. The first-order chi connectivity index (χ1) is 13.0. The molecule has 4 N–H and O–H groups in total. The summed E-state index contributed by atoms with van der Waals surface area (Å²) in [5.74, 6) is 0.284. The molecule has 0 spiro atoms. The van der Waals surface area contributed by atoms with E-state index in [0.717, 1.165) is 24.0 Å². The van der Waals surface area contributed by atoms with Crippen molar-refractivity contribution in [1.29, 1.82) is 0 Å². The highest BCUT2D eigenvalue weighted by molar-refractivity contribution is 5.83. The molecule has 2 unspecified atom stereocenters. The van der Waals surface area contributed by atoms with Crippen LogP contribution in [0.15, 0.2) is 54.6 Å². The standard InChI is InChI=1S/C21H25N3O3/c1-14(23-21(26)20(22)16-5-3-2-4-6-16)15-7-11-18(12-8-15)27-13-19(25)24-17-9-10-17/h2-8,11-12,14,17,20H,9-10,13,22H2,1H3,(H,23,26)(H,24,25). The van der Waals surface area contributed by atoms with E-state index < -0.39 is 6.04 Å². The van der Waals surface area contributed by atoms with Gasteiger partial charge in [-0.05, 0) is 43.0 Å². The van der Waals surface area contributed by atoms with Crippen molar-refractivity contribution in [2.24, 2.45) is 5.73 Å². The third-order valence-corrected chi connectivity index (χ3v) is 4.49. The van der Waals surface area contributed by atoms with Gasteiger partial charge in [0.2, 0.25) is 5.91 Å². The Morgan fingerprint density at radius 2 is 1.74 bits per heavy atom. The highest BCUT2D eigenvalue weighted by Crippen LogP contribution is 2.20. The minimum atomic E-state index is -0.707. The Bertz CT molecular complexity index is 773. The molecular formula is C21H25N3O3. The van der Waals surface area contributed by atoms with Crippen LogP contribution in [-0.2, 0) is 9.59 Å². The Morgan fingerprint density at radius 3 is 2.37 bits per heavy atom. The van der Waals surface area contributed by atoms with Crippen molar-refractivity contribution in [3.63, 3.8) is 0 Å². The molecule has 2 aromatic rings. The van der Waals surface area contributed by atoms with Crippen LogP contribution >= 0.6 is 0 Å². The summed E-state index contributed by atoms with van der Waals surface area (Å²) < 4.78 is 5.49. The van der Waals surface area contributed by atoms with Gasteiger partial charge in [0.25, 0.3) is 5.91 Å². The molecule has 6 nitrogen and oxygen atoms in total. The molecule has 0 radical (unpaired) electrons. The zero-order valence-electron chi connectivity index (χ0n) is 15.4. The number of hydrogen-bond donors (Lipinski definition) is 3. The number of benzene rings is 2. The van der Waals surface area contributed by atoms with Crippen molar-refractivity contribution < 1.29 is 14.3 Å². The van der Waals surface area contributed by atoms with E-state index >= 15 is 0 Å². The van der Waals surface area contributed by atoms with Crippen LogP contribution in [0.3, 0.4) is 0 Å². The zero-order valence-corrected chi connectivity index (χ0v) is 15.4. The van der Waals surface area contributed by atoms with E-state index in [1.807, 2.05) is 49.4 Å². The number of amides is 2. The summed E-state index contributed by atoms with van der Waals surface area (Å²) in [5, 5.41) is 5.80. The van der Waals surface area contributed by atoms with E-state index in [-0.39, 0.29) is 24.5 Å². The second kappa shape index (κ2) is 8.68. The molecule has 0 aliphatic heterocycles. The van der Waals surface area contributed by atoms with Crippen LogP contribution < -0.4 is 21.1 Å². The maximum atomic E-state index is 12.4. The molecule has 1 fully saturated rings. The summed E-state index contributed by atoms with van der Waals surface area (Å²) >= 11 is 0. The molecule has 1 aliphatic rings. The van der Waals surface area contributed by atoms with Gasteiger partial charge in [0.05, 0.1) is 6.04 Å². The van der Waals surface area contributed by atoms with Gasteiger partial charge in [-0.3, -0.25) is 9.59 Å². The fraction of sp³-hybridized carbons (Fsp3) is 0.333. The first kappa shape index (κ1) is 18.9. The average Bonchev–Trinajstić information content (AvgIpc) is 3.50. The highest BCUT2D eigenvalue weighted by atomic mass is 16.5. The predicted molar refractivity (Wildman–Crippen MR) is 103 cm³/mol. The molecule has 3 rings (SSSR count). The number of nitrogens with one attached hydrogen (secondary N) is 2. The van der Waals surface area contributed by atoms with Gasteiger partial charge in [-0.1, -0.05) is 42.5 Å². The predicted octanol–water partition coefficient (Wildman–Crippen LogP) is 2.22. The third-order valence-electron chi connectivity index (χ3n) is 4.49. The van der Waals surface area contributed by atoms with Gasteiger partial charge in [0.15, 0.2) is 6.61 Å². The smallest absolute Gasteiger partial charge is 0.258 e. The van der Waals surface area contributed by atoms with Crippen LogP contribution in [0.2, 0.25) is 0 Å². The van der Waals surface area contributed by atoms with Gasteiger partial charge in [0.1, 0.15) is 11.8 Å². The maximum absolute atomic E-state index is 12.4. The lowest BCUT2D eigenvalue weighted by atomic mass is 10.0. The molecule has 1 saturated carbocycles. The van der Waals surface area contributed by atoms with Crippen LogP contribution in [-0.4, -0.2) is 24.5 Å². The van der Waals surface area contributed by atoms with Crippen LogP contribution in [0, 0.1) is 0 Å². The molecule has 2 aromatic carbocycles. The Hall–Kier alpha value is -2.86. The third kappa shape index (κ3) is 5.56. The van der Waals surface area contributed by atoms with Crippen LogP contribution in [0.4, 0.5) is 0 Å². The number of rotatable bonds is 8. The Balaban J connectivity index is 1.49. The van der Waals surface area contributed by atoms with Crippen molar-refractivity contribution in [3.05, 3.63) is 65.7 Å². The number of ether oxygens (including phenoxy) is 1. The molecule has 0 bridgehead atoms. The monoisotopic (exact) mass is 367 g/mol. The molecule has 0 aromatic heterocycles. The Labute approximate surface area is 159 Å². The molecule has 27 heavy (non-hydrogen) atoms. The van der Waals surface area contributed by atoms with E-state index in [0.29, 0.717) is 11.8 Å². The van der Waals surface area contributed by atoms with E-state index in [9.17, 15) is 9.59 Å². The molecular weight excluding hydrogens is 342 g/mol. The first-order valence-corrected chi connectivity index (χ1v) is 9.16. The molecule has 6 heteroatoms. The number of nitrogens with two attached hydrogens (primary N) is 1. The van der Waals surface area contributed by atoms with E-state index in [1.165, 1.54) is 0 Å². The molecule has 1 aliphatic carbocycles. The number of carbonyl (C=O) groups is 2. The topological polar surface area (TPSA) is 93.5 Å². The Kier molecular flexibility index (Phi) is 6.08. The van der Waals surface area contributed by atoms with Crippen molar-refractivity contribution in [3.8, 4) is 5.75 Å². The van der Waals surface area contributed by atoms with Gasteiger partial charge in [-0.15, -0.1) is 0 Å². The summed E-state index contributed by atoms with van der Waals surface area (Å²) in [6.45, 7) is 1.91. The lowest BCUT2D eigenvalue weighted by Gasteiger charge is -2.18. The fourth-order valence-electron chi connectivity index (χ4n) is 2.70. The van der Waals surface area contributed by atoms with E-state index in [2.05, 4.69) is 10.6 Å². The van der Waals surface area contributed by atoms with E-state index in [1.54, 1.807) is 12.1 Å². The quantitative estimate of drug-likeness (QED) is 0.667. The van der Waals surface area contributed by atoms with Crippen molar-refractivity contribution in [1.82, 2.24) is 10.6 Å². The number of hydrogen-bond acceptors (Lipinski definition) is 4. The summed E-state index contributed by atoms with van der Waals surface area (Å²) in [5.41, 5.74) is 7.73. The molecule has 0 saturated heterocycles. The zero-order chi connectivity index (χ0) is 19.2.